The first-order valence-electron chi connectivity index (χ1n) is 4.63. The van der Waals surface area contributed by atoms with Crippen molar-refractivity contribution < 1.29 is 0 Å². The quantitative estimate of drug-likeness (QED) is 0.524. The lowest BCUT2D eigenvalue weighted by molar-refractivity contribution is 0.860. The molecule has 0 aromatic rings. The number of allylic oxidation sites excluding steroid dienone is 4. The Hall–Kier alpha value is -0.520. The van der Waals surface area contributed by atoms with Crippen LogP contribution >= 0.6 is 0 Å². The standard InChI is InChI=1S/C11H18/c1-4-10-7-6-9(3)8-11(10)5-2/h6H,4-5,7-8H2,1-3H3. The van der Waals surface area contributed by atoms with E-state index in [0.29, 0.717) is 0 Å². The van der Waals surface area contributed by atoms with Gasteiger partial charge >= 0.3 is 0 Å². The van der Waals surface area contributed by atoms with Crippen LogP contribution < -0.4 is 0 Å². The zero-order valence-electron chi connectivity index (χ0n) is 7.91. The van der Waals surface area contributed by atoms with E-state index in [-0.39, 0.29) is 0 Å². The van der Waals surface area contributed by atoms with Crippen molar-refractivity contribution in [2.45, 2.75) is 46.5 Å². The average Bonchev–Trinajstić information content (AvgIpc) is 2.04. The first-order chi connectivity index (χ1) is 5.27. The van der Waals surface area contributed by atoms with Crippen molar-refractivity contribution in [2.24, 2.45) is 0 Å². The Kier molecular flexibility index (Phi) is 2.92. The van der Waals surface area contributed by atoms with Crippen molar-refractivity contribution >= 4 is 0 Å². The van der Waals surface area contributed by atoms with Gasteiger partial charge in [0.05, 0.1) is 0 Å². The second kappa shape index (κ2) is 3.75. The summed E-state index contributed by atoms with van der Waals surface area (Å²) in [5.74, 6) is 0. The van der Waals surface area contributed by atoms with Crippen LogP contribution in [0.15, 0.2) is 22.8 Å². The van der Waals surface area contributed by atoms with Gasteiger partial charge < -0.3 is 0 Å². The zero-order valence-corrected chi connectivity index (χ0v) is 7.91. The van der Waals surface area contributed by atoms with E-state index < -0.39 is 0 Å². The van der Waals surface area contributed by atoms with Crippen molar-refractivity contribution in [3.05, 3.63) is 22.8 Å². The summed E-state index contributed by atoms with van der Waals surface area (Å²) in [5, 5.41) is 0. The normalized spacial score (nSPS) is 18.6. The van der Waals surface area contributed by atoms with Crippen LogP contribution in [0, 0.1) is 0 Å². The second-order valence-corrected chi connectivity index (χ2v) is 3.35. The molecule has 1 aliphatic carbocycles. The minimum absolute atomic E-state index is 1.21. The van der Waals surface area contributed by atoms with Crippen LogP contribution in [-0.2, 0) is 0 Å². The monoisotopic (exact) mass is 150 g/mol. The number of hydrogen-bond acceptors (Lipinski definition) is 0. The molecule has 0 bridgehead atoms. The van der Waals surface area contributed by atoms with Crippen LogP contribution in [0.1, 0.15) is 46.5 Å². The molecule has 0 amide bonds. The minimum atomic E-state index is 1.21. The van der Waals surface area contributed by atoms with Crippen LogP contribution in [0.3, 0.4) is 0 Å². The Balaban J connectivity index is 2.71. The van der Waals surface area contributed by atoms with Crippen molar-refractivity contribution in [3.63, 3.8) is 0 Å². The molecular formula is C11H18. The molecule has 0 aliphatic heterocycles. The highest BCUT2D eigenvalue weighted by atomic mass is 14.1. The van der Waals surface area contributed by atoms with Gasteiger partial charge in [0, 0.05) is 0 Å². The lowest BCUT2D eigenvalue weighted by atomic mass is 9.89. The third-order valence-corrected chi connectivity index (χ3v) is 2.54. The van der Waals surface area contributed by atoms with Crippen molar-refractivity contribution in [1.29, 1.82) is 0 Å². The molecule has 0 aromatic heterocycles. The summed E-state index contributed by atoms with van der Waals surface area (Å²) in [7, 11) is 0. The molecule has 0 atom stereocenters. The lowest BCUT2D eigenvalue weighted by Crippen LogP contribution is -1.97. The number of hydrogen-bond donors (Lipinski definition) is 0. The van der Waals surface area contributed by atoms with Gasteiger partial charge in [-0.3, -0.25) is 0 Å². The summed E-state index contributed by atoms with van der Waals surface area (Å²) in [6.45, 7) is 6.77. The Morgan fingerprint density at radius 2 is 1.82 bits per heavy atom. The third kappa shape index (κ3) is 1.95. The van der Waals surface area contributed by atoms with Crippen LogP contribution in [-0.4, -0.2) is 0 Å². The van der Waals surface area contributed by atoms with E-state index in [1.807, 2.05) is 0 Å². The number of rotatable bonds is 2. The molecule has 0 fully saturated rings. The van der Waals surface area contributed by atoms with E-state index in [9.17, 15) is 0 Å². The summed E-state index contributed by atoms with van der Waals surface area (Å²) in [5.41, 5.74) is 4.92. The van der Waals surface area contributed by atoms with Crippen molar-refractivity contribution in [2.75, 3.05) is 0 Å². The van der Waals surface area contributed by atoms with Gasteiger partial charge in [0.15, 0.2) is 0 Å². The first-order valence-corrected chi connectivity index (χ1v) is 4.63. The first kappa shape index (κ1) is 8.58. The summed E-state index contributed by atoms with van der Waals surface area (Å²) >= 11 is 0. The molecule has 62 valence electrons. The van der Waals surface area contributed by atoms with E-state index in [4.69, 9.17) is 0 Å². The van der Waals surface area contributed by atoms with Gasteiger partial charge in [-0.2, -0.15) is 0 Å². The molecule has 1 aliphatic rings. The highest BCUT2D eigenvalue weighted by Gasteiger charge is 2.07. The van der Waals surface area contributed by atoms with Gasteiger partial charge in [0.1, 0.15) is 0 Å². The SMILES string of the molecule is CCC1=C(CC)CC(C)=CC1. The maximum absolute atomic E-state index is 2.37. The Bertz CT molecular complexity index is 194. The van der Waals surface area contributed by atoms with E-state index in [1.54, 1.807) is 16.7 Å². The van der Waals surface area contributed by atoms with Gasteiger partial charge in [-0.1, -0.05) is 36.6 Å². The highest BCUT2D eigenvalue weighted by molar-refractivity contribution is 5.27. The highest BCUT2D eigenvalue weighted by Crippen LogP contribution is 2.27. The molecule has 0 spiro atoms. The van der Waals surface area contributed by atoms with Gasteiger partial charge in [-0.25, -0.2) is 0 Å². The summed E-state index contributed by atoms with van der Waals surface area (Å²) in [6.07, 6.45) is 7.31. The molecule has 0 nitrogen and oxygen atoms in total. The summed E-state index contributed by atoms with van der Waals surface area (Å²) < 4.78 is 0. The van der Waals surface area contributed by atoms with Crippen molar-refractivity contribution in [3.8, 4) is 0 Å². The molecule has 0 unspecified atom stereocenters. The molecule has 0 N–H and O–H groups in total. The molecule has 0 radical (unpaired) electrons. The zero-order chi connectivity index (χ0) is 8.27. The summed E-state index contributed by atoms with van der Waals surface area (Å²) in [4.78, 5) is 0. The molecular weight excluding hydrogens is 132 g/mol. The molecule has 11 heavy (non-hydrogen) atoms. The van der Waals surface area contributed by atoms with Gasteiger partial charge in [-0.15, -0.1) is 0 Å². The van der Waals surface area contributed by atoms with Crippen LogP contribution in [0.25, 0.3) is 0 Å². The van der Waals surface area contributed by atoms with E-state index in [0.717, 1.165) is 0 Å². The lowest BCUT2D eigenvalue weighted by Gasteiger charge is -2.17. The topological polar surface area (TPSA) is 0 Å². The van der Waals surface area contributed by atoms with E-state index in [2.05, 4.69) is 26.8 Å². The molecule has 0 saturated carbocycles. The maximum Gasteiger partial charge on any atom is -0.0108 e. The Morgan fingerprint density at radius 3 is 2.36 bits per heavy atom. The molecule has 0 heterocycles. The maximum atomic E-state index is 2.37. The summed E-state index contributed by atoms with van der Waals surface area (Å²) in [6, 6.07) is 0. The van der Waals surface area contributed by atoms with Gasteiger partial charge in [0.25, 0.3) is 0 Å². The van der Waals surface area contributed by atoms with E-state index >= 15 is 0 Å². The molecule has 0 heteroatoms. The molecule has 0 saturated heterocycles. The Labute approximate surface area is 70.0 Å². The van der Waals surface area contributed by atoms with Crippen LogP contribution in [0.2, 0.25) is 0 Å². The molecule has 1 rings (SSSR count). The minimum Gasteiger partial charge on any atom is -0.0812 e. The van der Waals surface area contributed by atoms with Crippen LogP contribution in [0.4, 0.5) is 0 Å². The largest absolute Gasteiger partial charge is 0.0812 e. The smallest absolute Gasteiger partial charge is 0.0108 e. The fourth-order valence-corrected chi connectivity index (χ4v) is 1.74. The fourth-order valence-electron chi connectivity index (χ4n) is 1.74. The molecule has 0 aromatic carbocycles. The van der Waals surface area contributed by atoms with Crippen molar-refractivity contribution in [1.82, 2.24) is 0 Å². The predicted molar refractivity (Wildman–Crippen MR) is 50.6 cm³/mol. The second-order valence-electron chi connectivity index (χ2n) is 3.35. The Morgan fingerprint density at radius 1 is 1.18 bits per heavy atom. The van der Waals surface area contributed by atoms with Gasteiger partial charge in [-0.05, 0) is 32.6 Å². The van der Waals surface area contributed by atoms with E-state index in [1.165, 1.54) is 25.7 Å². The fraction of sp³-hybridized carbons (Fsp3) is 0.636. The predicted octanol–water partition coefficient (Wildman–Crippen LogP) is 3.84. The third-order valence-electron chi connectivity index (χ3n) is 2.54. The average molecular weight is 150 g/mol. The van der Waals surface area contributed by atoms with Crippen LogP contribution in [0.5, 0.6) is 0 Å². The van der Waals surface area contributed by atoms with Gasteiger partial charge in [0.2, 0.25) is 0 Å².